The largest absolute Gasteiger partial charge is 0.481 e. The molecule has 1 aliphatic carbocycles. The average Bonchev–Trinajstić information content (AvgIpc) is 3.06. The predicted octanol–water partition coefficient (Wildman–Crippen LogP) is 2.30. The zero-order valence-electron chi connectivity index (χ0n) is 11.2. The molecular formula is C14H19NO4. The fourth-order valence-electron chi connectivity index (χ4n) is 2.63. The highest BCUT2D eigenvalue weighted by Gasteiger charge is 2.36. The summed E-state index contributed by atoms with van der Waals surface area (Å²) in [7, 11) is 1.74. The lowest BCUT2D eigenvalue weighted by molar-refractivity contribution is -0.141. The van der Waals surface area contributed by atoms with Crippen molar-refractivity contribution in [3.63, 3.8) is 0 Å². The smallest absolute Gasteiger partial charge is 0.306 e. The zero-order valence-corrected chi connectivity index (χ0v) is 11.2. The summed E-state index contributed by atoms with van der Waals surface area (Å²) in [6.45, 7) is 1.90. The molecule has 5 nitrogen and oxygen atoms in total. The molecule has 0 saturated heterocycles. The molecule has 0 aliphatic heterocycles. The quantitative estimate of drug-likeness (QED) is 0.906. The molecule has 2 rings (SSSR count). The molecule has 1 fully saturated rings. The first-order chi connectivity index (χ1) is 9.00. The van der Waals surface area contributed by atoms with Crippen LogP contribution in [0.2, 0.25) is 0 Å². The first kappa shape index (κ1) is 13.6. The Morgan fingerprint density at radius 3 is 2.63 bits per heavy atom. The van der Waals surface area contributed by atoms with Gasteiger partial charge in [-0.3, -0.25) is 9.59 Å². The number of hydrogen-bond donors (Lipinski definition) is 1. The number of rotatable bonds is 4. The first-order valence-corrected chi connectivity index (χ1v) is 6.53. The van der Waals surface area contributed by atoms with Crippen molar-refractivity contribution in [3.05, 3.63) is 24.2 Å². The van der Waals surface area contributed by atoms with E-state index < -0.39 is 5.97 Å². The Morgan fingerprint density at radius 2 is 2.11 bits per heavy atom. The summed E-state index contributed by atoms with van der Waals surface area (Å²) >= 11 is 0. The third-order valence-electron chi connectivity index (χ3n) is 4.01. The van der Waals surface area contributed by atoms with Gasteiger partial charge in [-0.2, -0.15) is 0 Å². The lowest BCUT2D eigenvalue weighted by atomic mass is 10.0. The van der Waals surface area contributed by atoms with E-state index in [1.807, 2.05) is 13.0 Å². The van der Waals surface area contributed by atoms with Crippen LogP contribution in [0.25, 0.3) is 0 Å². The Kier molecular flexibility index (Phi) is 3.93. The van der Waals surface area contributed by atoms with Gasteiger partial charge >= 0.3 is 5.97 Å². The zero-order chi connectivity index (χ0) is 14.0. The molecule has 1 N–H and O–H groups in total. The summed E-state index contributed by atoms with van der Waals surface area (Å²) in [5.74, 6) is -0.599. The van der Waals surface area contributed by atoms with E-state index in [0.717, 1.165) is 5.76 Å². The van der Waals surface area contributed by atoms with Gasteiger partial charge in [0.15, 0.2) is 0 Å². The molecule has 1 aliphatic rings. The van der Waals surface area contributed by atoms with Crippen LogP contribution in [0, 0.1) is 11.8 Å². The molecule has 1 aromatic heterocycles. The van der Waals surface area contributed by atoms with Crippen molar-refractivity contribution >= 4 is 11.9 Å². The van der Waals surface area contributed by atoms with E-state index in [9.17, 15) is 9.59 Å². The molecule has 1 heterocycles. The molecule has 1 amide bonds. The Balaban J connectivity index is 1.98. The number of carboxylic acids is 1. The summed E-state index contributed by atoms with van der Waals surface area (Å²) in [5, 5.41) is 8.97. The van der Waals surface area contributed by atoms with Crippen molar-refractivity contribution in [2.24, 2.45) is 11.8 Å². The van der Waals surface area contributed by atoms with E-state index in [1.54, 1.807) is 24.3 Å². The third-order valence-corrected chi connectivity index (χ3v) is 4.01. The summed E-state index contributed by atoms with van der Waals surface area (Å²) in [6.07, 6.45) is 3.28. The molecular weight excluding hydrogens is 246 g/mol. The monoisotopic (exact) mass is 265 g/mol. The highest BCUT2D eigenvalue weighted by atomic mass is 16.4. The van der Waals surface area contributed by atoms with E-state index in [-0.39, 0.29) is 23.8 Å². The molecule has 19 heavy (non-hydrogen) atoms. The molecule has 3 atom stereocenters. The number of carbonyl (C=O) groups is 2. The summed E-state index contributed by atoms with van der Waals surface area (Å²) in [4.78, 5) is 24.9. The molecule has 0 aromatic carbocycles. The summed E-state index contributed by atoms with van der Waals surface area (Å²) in [6, 6.07) is 3.50. The maximum absolute atomic E-state index is 12.3. The lowest BCUT2D eigenvalue weighted by Gasteiger charge is -2.26. The standard InChI is InChI=1S/C14H19NO4/c1-9(12-4-3-7-19-12)15(2)13(16)10-5-6-11(8-10)14(17)18/h3-4,7,9-11H,5-6,8H2,1-2H3,(H,17,18)/t9-,10+,11-/m0/s1. The van der Waals surface area contributed by atoms with Crippen LogP contribution in [0.15, 0.2) is 22.8 Å². The highest BCUT2D eigenvalue weighted by Crippen LogP contribution is 2.33. The molecule has 0 unspecified atom stereocenters. The number of aliphatic carboxylic acids is 1. The number of amides is 1. The second-order valence-electron chi connectivity index (χ2n) is 5.19. The fourth-order valence-corrected chi connectivity index (χ4v) is 2.63. The lowest BCUT2D eigenvalue weighted by Crippen LogP contribution is -2.34. The van der Waals surface area contributed by atoms with Crippen molar-refractivity contribution in [2.75, 3.05) is 7.05 Å². The SMILES string of the molecule is C[C@@H](c1ccco1)N(C)C(=O)[C@@H]1CC[C@H](C(=O)O)C1. The van der Waals surface area contributed by atoms with E-state index in [1.165, 1.54) is 0 Å². The molecule has 5 heteroatoms. The maximum Gasteiger partial charge on any atom is 0.306 e. The van der Waals surface area contributed by atoms with Crippen LogP contribution >= 0.6 is 0 Å². The average molecular weight is 265 g/mol. The van der Waals surface area contributed by atoms with Crippen molar-refractivity contribution < 1.29 is 19.1 Å². The molecule has 1 aromatic rings. The van der Waals surface area contributed by atoms with E-state index >= 15 is 0 Å². The van der Waals surface area contributed by atoms with Gasteiger partial charge in [0.2, 0.25) is 5.91 Å². The van der Waals surface area contributed by atoms with Gasteiger partial charge in [0, 0.05) is 13.0 Å². The van der Waals surface area contributed by atoms with Crippen molar-refractivity contribution in [3.8, 4) is 0 Å². The maximum atomic E-state index is 12.3. The van der Waals surface area contributed by atoms with Gasteiger partial charge in [-0.15, -0.1) is 0 Å². The molecule has 0 bridgehead atoms. The number of carboxylic acid groups (broad SMARTS) is 1. The summed E-state index contributed by atoms with van der Waals surface area (Å²) in [5.41, 5.74) is 0. The van der Waals surface area contributed by atoms with Crippen LogP contribution in [-0.2, 0) is 9.59 Å². The van der Waals surface area contributed by atoms with Crippen molar-refractivity contribution in [2.45, 2.75) is 32.2 Å². The Hall–Kier alpha value is -1.78. The Morgan fingerprint density at radius 1 is 1.42 bits per heavy atom. The van der Waals surface area contributed by atoms with Gasteiger partial charge in [0.1, 0.15) is 5.76 Å². The molecule has 1 saturated carbocycles. The number of furan rings is 1. The van der Waals surface area contributed by atoms with Gasteiger partial charge < -0.3 is 14.4 Å². The van der Waals surface area contributed by atoms with Crippen LogP contribution in [-0.4, -0.2) is 28.9 Å². The Labute approximate surface area is 112 Å². The molecule has 0 radical (unpaired) electrons. The van der Waals surface area contributed by atoms with E-state index in [2.05, 4.69) is 0 Å². The van der Waals surface area contributed by atoms with Crippen LogP contribution < -0.4 is 0 Å². The van der Waals surface area contributed by atoms with E-state index in [0.29, 0.717) is 19.3 Å². The minimum Gasteiger partial charge on any atom is -0.481 e. The van der Waals surface area contributed by atoms with Crippen LogP contribution in [0.5, 0.6) is 0 Å². The van der Waals surface area contributed by atoms with Gasteiger partial charge in [-0.1, -0.05) is 0 Å². The highest BCUT2D eigenvalue weighted by molar-refractivity contribution is 5.81. The van der Waals surface area contributed by atoms with Crippen molar-refractivity contribution in [1.29, 1.82) is 0 Å². The van der Waals surface area contributed by atoms with Gasteiger partial charge in [-0.05, 0) is 38.3 Å². The van der Waals surface area contributed by atoms with Crippen LogP contribution in [0.4, 0.5) is 0 Å². The Bertz CT molecular complexity index is 454. The minimum absolute atomic E-state index is 0.00708. The summed E-state index contributed by atoms with van der Waals surface area (Å²) < 4.78 is 5.30. The minimum atomic E-state index is -0.794. The first-order valence-electron chi connectivity index (χ1n) is 6.53. The van der Waals surface area contributed by atoms with Crippen LogP contribution in [0.3, 0.4) is 0 Å². The predicted molar refractivity (Wildman–Crippen MR) is 68.4 cm³/mol. The molecule has 0 spiro atoms. The third kappa shape index (κ3) is 2.80. The molecule has 104 valence electrons. The van der Waals surface area contributed by atoms with Crippen LogP contribution in [0.1, 0.15) is 38.0 Å². The van der Waals surface area contributed by atoms with Crippen molar-refractivity contribution in [1.82, 2.24) is 4.90 Å². The van der Waals surface area contributed by atoms with E-state index in [4.69, 9.17) is 9.52 Å². The second-order valence-corrected chi connectivity index (χ2v) is 5.19. The van der Waals surface area contributed by atoms with Gasteiger partial charge in [-0.25, -0.2) is 0 Å². The number of nitrogens with zero attached hydrogens (tertiary/aromatic N) is 1. The second kappa shape index (κ2) is 5.47. The number of carbonyl (C=O) groups excluding carboxylic acids is 1. The van der Waals surface area contributed by atoms with Gasteiger partial charge in [0.05, 0.1) is 18.2 Å². The fraction of sp³-hybridized carbons (Fsp3) is 0.571. The van der Waals surface area contributed by atoms with Gasteiger partial charge in [0.25, 0.3) is 0 Å². The topological polar surface area (TPSA) is 70.8 Å². The number of hydrogen-bond acceptors (Lipinski definition) is 3. The normalized spacial score (nSPS) is 24.1.